The fourth-order valence-electron chi connectivity index (χ4n) is 5.30. The Kier molecular flexibility index (Phi) is 7.51. The Balaban J connectivity index is 1.56. The zero-order chi connectivity index (χ0) is 26.0. The predicted octanol–water partition coefficient (Wildman–Crippen LogP) is 3.32. The van der Waals surface area contributed by atoms with Crippen molar-refractivity contribution in [3.63, 3.8) is 0 Å². The maximum atomic E-state index is 7.04. The lowest BCUT2D eigenvalue weighted by Crippen LogP contribution is -2.51. The molecule has 0 saturated carbocycles. The normalized spacial score (nSPS) is 20.4. The van der Waals surface area contributed by atoms with Gasteiger partial charge in [-0.3, -0.25) is 4.90 Å². The van der Waals surface area contributed by atoms with Gasteiger partial charge in [0.2, 0.25) is 0 Å². The molecule has 2 heterocycles. The molecule has 0 aromatic heterocycles. The van der Waals surface area contributed by atoms with Crippen LogP contribution in [0.25, 0.3) is 0 Å². The van der Waals surface area contributed by atoms with E-state index in [-0.39, 0.29) is 12.0 Å². The first kappa shape index (κ1) is 25.9. The molecule has 36 heavy (non-hydrogen) atoms. The number of aliphatic imine (C=N–C) groups is 1. The summed E-state index contributed by atoms with van der Waals surface area (Å²) >= 11 is 0. The lowest BCUT2D eigenvalue weighted by Gasteiger charge is -2.43. The first-order valence-corrected chi connectivity index (χ1v) is 12.5. The molecule has 0 spiro atoms. The molecule has 1 fully saturated rings. The number of fused-ring (bicyclic) bond motifs is 1. The largest absolute Gasteiger partial charge is 0.493 e. The molecule has 0 radical (unpaired) electrons. The summed E-state index contributed by atoms with van der Waals surface area (Å²) in [6.07, 6.45) is 1.90. The number of guanidine groups is 1. The van der Waals surface area contributed by atoms with Gasteiger partial charge in [0, 0.05) is 49.4 Å². The van der Waals surface area contributed by atoms with Gasteiger partial charge < -0.3 is 35.9 Å². The molecule has 9 nitrogen and oxygen atoms in total. The highest BCUT2D eigenvalue weighted by Crippen LogP contribution is 2.45. The molecule has 2 aromatic carbocycles. The van der Waals surface area contributed by atoms with Gasteiger partial charge in [0.1, 0.15) is 11.4 Å². The number of benzene rings is 2. The number of hydrogen-bond donors (Lipinski definition) is 3. The van der Waals surface area contributed by atoms with Gasteiger partial charge in [-0.2, -0.15) is 0 Å². The minimum atomic E-state index is -0.941. The van der Waals surface area contributed by atoms with Crippen molar-refractivity contribution >= 4 is 17.3 Å². The quantitative estimate of drug-likeness (QED) is 0.511. The highest BCUT2D eigenvalue weighted by molar-refractivity contribution is 5.96. The average molecular weight is 497 g/mol. The van der Waals surface area contributed by atoms with E-state index >= 15 is 0 Å². The topological polar surface area (TPSA) is 111 Å². The maximum absolute atomic E-state index is 7.04. The zero-order valence-electron chi connectivity index (χ0n) is 22.3. The van der Waals surface area contributed by atoms with Crippen molar-refractivity contribution in [2.75, 3.05) is 51.6 Å². The fraction of sp³-hybridized carbons (Fsp3) is 0.519. The first-order chi connectivity index (χ1) is 17.2. The van der Waals surface area contributed by atoms with Crippen molar-refractivity contribution in [1.29, 1.82) is 0 Å². The number of hydrogen-bond acceptors (Lipinski definition) is 9. The van der Waals surface area contributed by atoms with Gasteiger partial charge in [0.15, 0.2) is 17.5 Å². The number of likely N-dealkylation sites (tertiary alicyclic amines) is 1. The summed E-state index contributed by atoms with van der Waals surface area (Å²) in [5, 5.41) is 3.14. The summed E-state index contributed by atoms with van der Waals surface area (Å²) in [4.78, 5) is 9.34. The molecule has 1 atom stereocenters. The van der Waals surface area contributed by atoms with Crippen LogP contribution in [0.3, 0.4) is 0 Å². The van der Waals surface area contributed by atoms with E-state index < -0.39 is 5.66 Å². The smallest absolute Gasteiger partial charge is 0.195 e. The Bertz CT molecular complexity index is 1110. The van der Waals surface area contributed by atoms with E-state index in [4.69, 9.17) is 30.7 Å². The SMILES string of the molecule is COc1cc2c(cc1OC)C(N)(C1CCN(Cc3c(OC(C)C)cccc3N(C)C)CC1)N=C(N)N2. The molecule has 5 N–H and O–H groups in total. The van der Waals surface area contributed by atoms with Crippen molar-refractivity contribution in [1.82, 2.24) is 4.90 Å². The number of nitrogens with two attached hydrogens (primary N) is 2. The maximum Gasteiger partial charge on any atom is 0.195 e. The van der Waals surface area contributed by atoms with E-state index in [2.05, 4.69) is 61.3 Å². The molecule has 1 unspecified atom stereocenters. The van der Waals surface area contributed by atoms with Gasteiger partial charge in [-0.1, -0.05) is 6.07 Å². The molecule has 9 heteroatoms. The van der Waals surface area contributed by atoms with Gasteiger partial charge in [-0.15, -0.1) is 0 Å². The average Bonchev–Trinajstić information content (AvgIpc) is 2.84. The first-order valence-electron chi connectivity index (χ1n) is 12.5. The second-order valence-electron chi connectivity index (χ2n) is 10.1. The van der Waals surface area contributed by atoms with Gasteiger partial charge in [0.25, 0.3) is 0 Å². The van der Waals surface area contributed by atoms with E-state index in [0.29, 0.717) is 17.5 Å². The molecule has 1 saturated heterocycles. The van der Waals surface area contributed by atoms with Crippen LogP contribution in [0, 0.1) is 5.92 Å². The molecular formula is C27H40N6O3. The highest BCUT2D eigenvalue weighted by atomic mass is 16.5. The monoisotopic (exact) mass is 496 g/mol. The van der Waals surface area contributed by atoms with Gasteiger partial charge in [0.05, 0.1) is 26.0 Å². The number of anilines is 2. The highest BCUT2D eigenvalue weighted by Gasteiger charge is 2.43. The summed E-state index contributed by atoms with van der Waals surface area (Å²) in [6.45, 7) is 6.74. The Hall–Kier alpha value is -3.17. The zero-order valence-corrected chi connectivity index (χ0v) is 22.3. The molecule has 2 aromatic rings. The lowest BCUT2D eigenvalue weighted by molar-refractivity contribution is 0.124. The van der Waals surface area contributed by atoms with Crippen molar-refractivity contribution in [3.8, 4) is 17.2 Å². The second kappa shape index (κ2) is 10.4. The van der Waals surface area contributed by atoms with E-state index in [1.807, 2.05) is 12.1 Å². The predicted molar refractivity (Wildman–Crippen MR) is 145 cm³/mol. The molecule has 0 amide bonds. The number of nitrogens with zero attached hydrogens (tertiary/aromatic N) is 3. The lowest BCUT2D eigenvalue weighted by atomic mass is 9.79. The molecule has 2 aliphatic heterocycles. The minimum absolute atomic E-state index is 0.114. The van der Waals surface area contributed by atoms with E-state index in [9.17, 15) is 0 Å². The Labute approximate surface area is 214 Å². The second-order valence-corrected chi connectivity index (χ2v) is 10.1. The third kappa shape index (κ3) is 5.03. The molecule has 4 rings (SSSR count). The summed E-state index contributed by atoms with van der Waals surface area (Å²) in [6, 6.07) is 10.1. The fourth-order valence-corrected chi connectivity index (χ4v) is 5.30. The number of methoxy groups -OCH3 is 2. The number of piperidine rings is 1. The summed E-state index contributed by atoms with van der Waals surface area (Å²) in [5.74, 6) is 2.63. The van der Waals surface area contributed by atoms with Crippen molar-refractivity contribution in [2.45, 2.75) is 45.0 Å². The van der Waals surface area contributed by atoms with Crippen LogP contribution >= 0.6 is 0 Å². The van der Waals surface area contributed by atoms with Crippen LogP contribution in [0.1, 0.15) is 37.8 Å². The van der Waals surface area contributed by atoms with Gasteiger partial charge in [-0.05, 0) is 58.0 Å². The van der Waals surface area contributed by atoms with E-state index in [1.54, 1.807) is 14.2 Å². The van der Waals surface area contributed by atoms with E-state index in [0.717, 1.165) is 49.5 Å². The standard InChI is InChI=1S/C27H40N6O3/c1-17(2)36-23-9-7-8-22(32(3)4)19(23)16-33-12-10-18(11-13-33)27(29)20-14-24(34-5)25(35-6)15-21(20)30-26(28)31-27/h7-9,14-15,17-18H,10-13,16,29H2,1-6H3,(H3,28,30,31). The van der Waals surface area contributed by atoms with Crippen molar-refractivity contribution < 1.29 is 14.2 Å². The number of nitrogens with one attached hydrogen (secondary N) is 1. The van der Waals surface area contributed by atoms with Crippen LogP contribution in [0.5, 0.6) is 17.2 Å². The Morgan fingerprint density at radius 1 is 1.11 bits per heavy atom. The number of ether oxygens (including phenoxy) is 3. The summed E-state index contributed by atoms with van der Waals surface area (Å²) in [5.41, 5.74) is 16.4. The van der Waals surface area contributed by atoms with Gasteiger partial charge >= 0.3 is 0 Å². The summed E-state index contributed by atoms with van der Waals surface area (Å²) < 4.78 is 17.2. The van der Waals surface area contributed by atoms with E-state index in [1.165, 1.54) is 11.3 Å². The van der Waals surface area contributed by atoms with Crippen molar-refractivity contribution in [3.05, 3.63) is 41.5 Å². The van der Waals surface area contributed by atoms with Crippen LogP contribution in [0.2, 0.25) is 0 Å². The molecule has 2 aliphatic rings. The Morgan fingerprint density at radius 3 is 2.39 bits per heavy atom. The Morgan fingerprint density at radius 2 is 1.78 bits per heavy atom. The van der Waals surface area contributed by atoms with Crippen LogP contribution in [0.15, 0.2) is 35.3 Å². The van der Waals surface area contributed by atoms with Crippen molar-refractivity contribution in [2.24, 2.45) is 22.4 Å². The molecule has 0 bridgehead atoms. The molecular weight excluding hydrogens is 456 g/mol. The third-order valence-electron chi connectivity index (χ3n) is 7.07. The van der Waals surface area contributed by atoms with Crippen LogP contribution < -0.4 is 35.9 Å². The molecule has 196 valence electrons. The molecule has 0 aliphatic carbocycles. The van der Waals surface area contributed by atoms with Gasteiger partial charge in [-0.25, -0.2) is 4.99 Å². The minimum Gasteiger partial charge on any atom is -0.493 e. The summed E-state index contributed by atoms with van der Waals surface area (Å²) in [7, 11) is 7.38. The van der Waals surface area contributed by atoms with Crippen LogP contribution in [0.4, 0.5) is 11.4 Å². The third-order valence-corrected chi connectivity index (χ3v) is 7.07. The number of rotatable bonds is 8. The van der Waals surface area contributed by atoms with Crippen LogP contribution in [-0.4, -0.2) is 58.4 Å². The van der Waals surface area contributed by atoms with Crippen LogP contribution in [-0.2, 0) is 12.2 Å².